The minimum Gasteiger partial charge on any atom is -0.411 e. The molecule has 2 saturated carbocycles. The normalized spacial score (nSPS) is 40.9. The summed E-state index contributed by atoms with van der Waals surface area (Å²) in [6.07, 6.45) is 1.21. The molecule has 2 atom stereocenters. The Morgan fingerprint density at radius 3 is 2.35 bits per heavy atom. The average Bonchev–Trinajstić information content (AvgIpc) is 2.55. The lowest BCUT2D eigenvalue weighted by Crippen LogP contribution is -2.49. The first-order chi connectivity index (χ1) is 7.79. The van der Waals surface area contributed by atoms with Gasteiger partial charge in [-0.3, -0.25) is 9.59 Å². The monoisotopic (exact) mass is 238 g/mol. The Hall–Kier alpha value is -1.39. The number of carbonyl (C=O) groups excluding carboxylic acids is 2. The molecule has 1 amide bonds. The number of amides is 1. The molecule has 0 aromatic rings. The fourth-order valence-electron chi connectivity index (χ4n) is 3.67. The number of rotatable bonds is 1. The van der Waals surface area contributed by atoms with Crippen molar-refractivity contribution < 1.29 is 14.8 Å². The van der Waals surface area contributed by atoms with E-state index < -0.39 is 16.2 Å². The van der Waals surface area contributed by atoms with Gasteiger partial charge in [-0.05, 0) is 18.3 Å². The first-order valence-electron chi connectivity index (χ1n) is 5.79. The number of carbonyl (C=O) groups is 2. The zero-order chi connectivity index (χ0) is 13.1. The zero-order valence-corrected chi connectivity index (χ0v) is 10.6. The van der Waals surface area contributed by atoms with Gasteiger partial charge in [0.1, 0.15) is 11.1 Å². The van der Waals surface area contributed by atoms with Gasteiger partial charge < -0.3 is 10.5 Å². The molecule has 0 heterocycles. The fourth-order valence-corrected chi connectivity index (χ4v) is 3.67. The second kappa shape index (κ2) is 3.09. The van der Waals surface area contributed by atoms with Crippen LogP contribution < -0.4 is 5.32 Å². The van der Waals surface area contributed by atoms with E-state index in [-0.39, 0.29) is 17.4 Å². The van der Waals surface area contributed by atoms with E-state index in [4.69, 9.17) is 5.21 Å². The molecule has 5 heteroatoms. The first-order valence-corrected chi connectivity index (χ1v) is 5.79. The van der Waals surface area contributed by atoms with Crippen molar-refractivity contribution in [1.29, 1.82) is 0 Å². The van der Waals surface area contributed by atoms with E-state index in [0.717, 1.165) is 0 Å². The van der Waals surface area contributed by atoms with Crippen molar-refractivity contribution in [1.82, 2.24) is 5.32 Å². The van der Waals surface area contributed by atoms with Crippen LogP contribution in [0.5, 0.6) is 0 Å². The van der Waals surface area contributed by atoms with Crippen LogP contribution in [0.25, 0.3) is 0 Å². The van der Waals surface area contributed by atoms with Gasteiger partial charge in [-0.25, -0.2) is 0 Å². The summed E-state index contributed by atoms with van der Waals surface area (Å²) in [5, 5.41) is 14.8. The maximum Gasteiger partial charge on any atom is 0.234 e. The van der Waals surface area contributed by atoms with E-state index >= 15 is 0 Å². The molecule has 0 saturated heterocycles. The van der Waals surface area contributed by atoms with Gasteiger partial charge in [0.2, 0.25) is 5.91 Å². The van der Waals surface area contributed by atoms with Gasteiger partial charge in [0.15, 0.2) is 5.78 Å². The van der Waals surface area contributed by atoms with Crippen molar-refractivity contribution >= 4 is 17.4 Å². The van der Waals surface area contributed by atoms with Crippen LogP contribution in [-0.4, -0.2) is 29.7 Å². The number of nitrogens with zero attached hydrogens (tertiary/aromatic N) is 1. The summed E-state index contributed by atoms with van der Waals surface area (Å²) in [5.74, 6) is -0.590. The molecule has 94 valence electrons. The van der Waals surface area contributed by atoms with Crippen LogP contribution in [0.4, 0.5) is 0 Å². The lowest BCUT2D eigenvalue weighted by molar-refractivity contribution is -0.143. The van der Waals surface area contributed by atoms with Gasteiger partial charge in [-0.1, -0.05) is 25.9 Å². The Morgan fingerprint density at radius 1 is 1.35 bits per heavy atom. The molecule has 2 aliphatic carbocycles. The second-order valence-electron chi connectivity index (χ2n) is 5.72. The number of nitrogens with one attached hydrogen (secondary N) is 1. The summed E-state index contributed by atoms with van der Waals surface area (Å²) in [5.41, 5.74) is -1.97. The molecule has 2 aliphatic rings. The average molecular weight is 238 g/mol. The van der Waals surface area contributed by atoms with Gasteiger partial charge in [-0.2, -0.15) is 0 Å². The molecular formula is C12H18N2O3. The van der Waals surface area contributed by atoms with Gasteiger partial charge in [0, 0.05) is 12.5 Å². The van der Waals surface area contributed by atoms with Crippen LogP contribution in [0.15, 0.2) is 5.16 Å². The Kier molecular flexibility index (Phi) is 2.19. The minimum absolute atomic E-state index is 0.150. The third-order valence-corrected chi connectivity index (χ3v) is 5.29. The van der Waals surface area contributed by atoms with Crippen molar-refractivity contribution in [3.63, 3.8) is 0 Å². The van der Waals surface area contributed by atoms with Crippen LogP contribution in [-0.2, 0) is 9.59 Å². The Morgan fingerprint density at radius 2 is 1.94 bits per heavy atom. The number of hydrogen-bond donors (Lipinski definition) is 2. The smallest absolute Gasteiger partial charge is 0.234 e. The van der Waals surface area contributed by atoms with Crippen molar-refractivity contribution in [2.45, 2.75) is 33.6 Å². The van der Waals surface area contributed by atoms with E-state index in [1.165, 1.54) is 7.05 Å². The summed E-state index contributed by atoms with van der Waals surface area (Å²) in [7, 11) is 1.53. The Labute approximate surface area is 100 Å². The molecule has 0 radical (unpaired) electrons. The zero-order valence-electron chi connectivity index (χ0n) is 10.6. The minimum atomic E-state index is -1.07. The molecule has 5 nitrogen and oxygen atoms in total. The van der Waals surface area contributed by atoms with Crippen LogP contribution in [0.3, 0.4) is 0 Å². The molecule has 2 fully saturated rings. The molecule has 0 aromatic heterocycles. The van der Waals surface area contributed by atoms with Crippen molar-refractivity contribution in [2.24, 2.45) is 21.4 Å². The molecule has 2 rings (SSSR count). The summed E-state index contributed by atoms with van der Waals surface area (Å²) in [6.45, 7) is 5.72. The highest BCUT2D eigenvalue weighted by Crippen LogP contribution is 2.69. The third-order valence-electron chi connectivity index (χ3n) is 5.29. The topological polar surface area (TPSA) is 78.8 Å². The van der Waals surface area contributed by atoms with Gasteiger partial charge >= 0.3 is 0 Å². The number of hydrogen-bond acceptors (Lipinski definition) is 4. The van der Waals surface area contributed by atoms with E-state index in [1.807, 2.05) is 20.8 Å². The predicted octanol–water partition coefficient (Wildman–Crippen LogP) is 0.958. The van der Waals surface area contributed by atoms with Gasteiger partial charge in [0.05, 0.1) is 0 Å². The SMILES string of the molecule is CNC(=O)C12CCC(C)(/C(=N/O)C1=O)C2(C)C. The van der Waals surface area contributed by atoms with Crippen LogP contribution in [0.1, 0.15) is 33.6 Å². The van der Waals surface area contributed by atoms with E-state index in [0.29, 0.717) is 12.8 Å². The van der Waals surface area contributed by atoms with Crippen LogP contribution in [0, 0.1) is 16.2 Å². The third kappa shape index (κ3) is 0.944. The molecule has 2 unspecified atom stereocenters. The maximum atomic E-state index is 12.4. The number of oxime groups is 1. The maximum absolute atomic E-state index is 12.4. The molecule has 0 spiro atoms. The number of Topliss-reactive ketones (excluding diaryl/α,β-unsaturated/α-hetero) is 1. The molecule has 2 N–H and O–H groups in total. The lowest BCUT2D eigenvalue weighted by atomic mass is 9.64. The quantitative estimate of drug-likeness (QED) is 0.405. The molecule has 0 aromatic carbocycles. The predicted molar refractivity (Wildman–Crippen MR) is 61.9 cm³/mol. The van der Waals surface area contributed by atoms with Crippen molar-refractivity contribution in [2.75, 3.05) is 7.05 Å². The Balaban J connectivity index is 2.70. The van der Waals surface area contributed by atoms with E-state index in [9.17, 15) is 9.59 Å². The second-order valence-corrected chi connectivity index (χ2v) is 5.72. The van der Waals surface area contributed by atoms with E-state index in [1.54, 1.807) is 0 Å². The highest BCUT2D eigenvalue weighted by atomic mass is 16.4. The summed E-state index contributed by atoms with van der Waals surface area (Å²) in [6, 6.07) is 0. The standard InChI is InChI=1S/C12H18N2O3/c1-10(2)11(3)5-6-12(10,9(16)13-4)8(15)7(11)14-17/h17H,5-6H2,1-4H3,(H,13,16)/b14-7+. The first kappa shape index (κ1) is 12.1. The van der Waals surface area contributed by atoms with Crippen LogP contribution in [0.2, 0.25) is 0 Å². The number of fused-ring (bicyclic) bond motifs is 2. The van der Waals surface area contributed by atoms with Crippen LogP contribution >= 0.6 is 0 Å². The highest BCUT2D eigenvalue weighted by molar-refractivity contribution is 6.50. The fraction of sp³-hybridized carbons (Fsp3) is 0.750. The summed E-state index contributed by atoms with van der Waals surface area (Å²) < 4.78 is 0. The van der Waals surface area contributed by atoms with Crippen molar-refractivity contribution in [3.05, 3.63) is 0 Å². The highest BCUT2D eigenvalue weighted by Gasteiger charge is 2.76. The Bertz CT molecular complexity index is 441. The molecule has 17 heavy (non-hydrogen) atoms. The van der Waals surface area contributed by atoms with Crippen molar-refractivity contribution in [3.8, 4) is 0 Å². The van der Waals surface area contributed by atoms with Gasteiger partial charge in [0.25, 0.3) is 0 Å². The number of ketones is 1. The molecular weight excluding hydrogens is 220 g/mol. The van der Waals surface area contributed by atoms with Gasteiger partial charge in [-0.15, -0.1) is 0 Å². The van der Waals surface area contributed by atoms with E-state index in [2.05, 4.69) is 10.5 Å². The summed E-state index contributed by atoms with van der Waals surface area (Å²) in [4.78, 5) is 24.5. The summed E-state index contributed by atoms with van der Waals surface area (Å²) >= 11 is 0. The molecule has 0 aliphatic heterocycles. The molecule has 2 bridgehead atoms. The largest absolute Gasteiger partial charge is 0.411 e. The lowest BCUT2D eigenvalue weighted by Gasteiger charge is -2.37.